The van der Waals surface area contributed by atoms with E-state index >= 15 is 0 Å². The Hall–Kier alpha value is -2.02. The summed E-state index contributed by atoms with van der Waals surface area (Å²) in [6, 6.07) is 0. The molecular weight excluding hydrogens is 494 g/mol. The SMILES string of the molecule is O=C(OC1C2CC3C(=O)OC1C3C2)OC12CC3CC(CC(COC(=O)C(F)(F)S(=O)(=O)O)(C3)C1)C2. The van der Waals surface area contributed by atoms with Gasteiger partial charge in [0.1, 0.15) is 17.8 Å². The third kappa shape index (κ3) is 3.55. The molecule has 7 rings (SSSR count). The minimum atomic E-state index is -5.96. The maximum Gasteiger partial charge on any atom is 0.509 e. The minimum absolute atomic E-state index is 0.0561. The molecule has 7 atom stereocenters. The topological polar surface area (TPSA) is 142 Å². The molecule has 0 aromatic carbocycles. The van der Waals surface area contributed by atoms with Crippen LogP contribution in [-0.2, 0) is 38.7 Å². The van der Waals surface area contributed by atoms with Gasteiger partial charge in [-0.15, -0.1) is 0 Å². The Morgan fingerprint density at radius 1 is 1.11 bits per heavy atom. The van der Waals surface area contributed by atoms with Gasteiger partial charge in [-0.1, -0.05) is 0 Å². The standard InChI is InChI=1S/C22H26F2O10S/c23-22(24,35(28,29)30)18(26)31-9-20-4-10-1-11(5-20)7-21(6-10,8-20)34-19(27)33-15-12-2-13-14(3-12)17(25)32-16(13)15/h10-16H,1-9H2,(H,28,29,30). The van der Waals surface area contributed by atoms with Crippen LogP contribution in [0.4, 0.5) is 13.6 Å². The van der Waals surface area contributed by atoms with Gasteiger partial charge in [0, 0.05) is 17.3 Å². The molecule has 0 aromatic rings. The molecule has 1 saturated heterocycles. The number of hydrogen-bond acceptors (Lipinski definition) is 9. The van der Waals surface area contributed by atoms with Crippen molar-refractivity contribution in [2.24, 2.45) is 35.0 Å². The number of fused-ring (bicyclic) bond motifs is 1. The van der Waals surface area contributed by atoms with Crippen LogP contribution < -0.4 is 0 Å². The van der Waals surface area contributed by atoms with Gasteiger partial charge >= 0.3 is 33.5 Å². The lowest BCUT2D eigenvalue weighted by Gasteiger charge is -2.60. The van der Waals surface area contributed by atoms with Gasteiger partial charge in [0.05, 0.1) is 12.5 Å². The van der Waals surface area contributed by atoms with E-state index in [0.29, 0.717) is 32.1 Å². The van der Waals surface area contributed by atoms with Crippen molar-refractivity contribution < 1.29 is 55.1 Å². The quantitative estimate of drug-likeness (QED) is 0.315. The van der Waals surface area contributed by atoms with Crippen molar-refractivity contribution in [3.63, 3.8) is 0 Å². The number of alkyl halides is 2. The summed E-state index contributed by atoms with van der Waals surface area (Å²) in [5.74, 6) is -2.29. The van der Waals surface area contributed by atoms with Crippen molar-refractivity contribution in [3.05, 3.63) is 0 Å². The lowest BCUT2D eigenvalue weighted by Crippen LogP contribution is -2.59. The van der Waals surface area contributed by atoms with Crippen LogP contribution in [0, 0.1) is 35.0 Å². The van der Waals surface area contributed by atoms with Crippen LogP contribution in [0.15, 0.2) is 0 Å². The fraction of sp³-hybridized carbons (Fsp3) is 0.864. The number of carbonyl (C=O) groups excluding carboxylic acids is 3. The second-order valence-electron chi connectivity index (χ2n) is 11.5. The Bertz CT molecular complexity index is 1080. The predicted octanol–water partition coefficient (Wildman–Crippen LogP) is 2.45. The highest BCUT2D eigenvalue weighted by atomic mass is 32.2. The van der Waals surface area contributed by atoms with E-state index in [4.69, 9.17) is 23.5 Å². The Morgan fingerprint density at radius 2 is 1.80 bits per heavy atom. The number of rotatable bonds is 6. The fourth-order valence-corrected chi connectivity index (χ4v) is 8.71. The van der Waals surface area contributed by atoms with Gasteiger partial charge in [0.2, 0.25) is 0 Å². The average Bonchev–Trinajstić information content (AvgIpc) is 3.35. The zero-order chi connectivity index (χ0) is 25.0. The molecular formula is C22H26F2O10S. The van der Waals surface area contributed by atoms with Gasteiger partial charge in [-0.3, -0.25) is 9.35 Å². The highest BCUT2D eigenvalue weighted by Crippen LogP contribution is 2.63. The molecule has 7 unspecified atom stereocenters. The molecule has 13 heteroatoms. The third-order valence-corrected chi connectivity index (χ3v) is 9.96. The van der Waals surface area contributed by atoms with Gasteiger partial charge in [-0.05, 0) is 63.2 Å². The van der Waals surface area contributed by atoms with E-state index in [1.165, 1.54) is 0 Å². The molecule has 1 N–H and O–H groups in total. The Kier molecular flexibility index (Phi) is 4.86. The van der Waals surface area contributed by atoms with Crippen LogP contribution >= 0.6 is 0 Å². The summed E-state index contributed by atoms with van der Waals surface area (Å²) < 4.78 is 79.3. The first-order valence-electron chi connectivity index (χ1n) is 11.9. The smallest absolute Gasteiger partial charge is 0.460 e. The highest BCUT2D eigenvalue weighted by molar-refractivity contribution is 7.87. The van der Waals surface area contributed by atoms with Crippen molar-refractivity contribution in [2.45, 2.75) is 74.4 Å². The average molecular weight is 521 g/mol. The highest BCUT2D eigenvalue weighted by Gasteiger charge is 2.65. The molecule has 0 amide bonds. The van der Waals surface area contributed by atoms with Gasteiger partial charge in [0.15, 0.2) is 0 Å². The largest absolute Gasteiger partial charge is 0.509 e. The summed E-state index contributed by atoms with van der Waals surface area (Å²) >= 11 is 0. The monoisotopic (exact) mass is 520 g/mol. The Labute approximate surface area is 199 Å². The lowest BCUT2D eigenvalue weighted by molar-refractivity contribution is -0.201. The van der Waals surface area contributed by atoms with Gasteiger partial charge < -0.3 is 18.9 Å². The van der Waals surface area contributed by atoms with Crippen molar-refractivity contribution in [3.8, 4) is 0 Å². The molecule has 6 bridgehead atoms. The first-order chi connectivity index (χ1) is 16.3. The maximum atomic E-state index is 13.6. The Morgan fingerprint density at radius 3 is 2.46 bits per heavy atom. The Balaban J connectivity index is 1.13. The molecule has 1 aliphatic heterocycles. The molecule has 7 aliphatic rings. The van der Waals surface area contributed by atoms with Gasteiger partial charge in [0.25, 0.3) is 0 Å². The van der Waals surface area contributed by atoms with E-state index in [9.17, 15) is 31.6 Å². The van der Waals surface area contributed by atoms with Crippen LogP contribution in [0.2, 0.25) is 0 Å². The number of hydrogen-bond donors (Lipinski definition) is 1. The summed E-state index contributed by atoms with van der Waals surface area (Å²) in [5.41, 5.74) is -1.64. The van der Waals surface area contributed by atoms with Crippen LogP contribution in [0.3, 0.4) is 0 Å². The van der Waals surface area contributed by atoms with Crippen LogP contribution in [0.25, 0.3) is 0 Å². The normalized spacial score (nSPS) is 44.9. The van der Waals surface area contributed by atoms with Crippen LogP contribution in [0.5, 0.6) is 0 Å². The van der Waals surface area contributed by atoms with Crippen LogP contribution in [0.1, 0.15) is 51.4 Å². The second-order valence-corrected chi connectivity index (χ2v) is 13.0. The number of esters is 2. The summed E-state index contributed by atoms with van der Waals surface area (Å²) in [6.07, 6.45) is 3.01. The summed E-state index contributed by atoms with van der Waals surface area (Å²) in [6.45, 7) is -0.462. The molecule has 6 saturated carbocycles. The van der Waals surface area contributed by atoms with E-state index in [1.54, 1.807) is 0 Å². The number of ether oxygens (including phenoxy) is 4. The van der Waals surface area contributed by atoms with E-state index in [2.05, 4.69) is 0 Å². The van der Waals surface area contributed by atoms with E-state index < -0.39 is 57.3 Å². The molecule has 7 fully saturated rings. The molecule has 1 heterocycles. The molecule has 6 aliphatic carbocycles. The molecule has 35 heavy (non-hydrogen) atoms. The van der Waals surface area contributed by atoms with Crippen molar-refractivity contribution in [1.82, 2.24) is 0 Å². The fourth-order valence-electron chi connectivity index (χ4n) is 8.44. The van der Waals surface area contributed by atoms with E-state index in [0.717, 1.165) is 12.8 Å². The summed E-state index contributed by atoms with van der Waals surface area (Å²) in [7, 11) is -5.96. The summed E-state index contributed by atoms with van der Waals surface area (Å²) in [5, 5.41) is -5.06. The maximum absolute atomic E-state index is 13.6. The lowest BCUT2D eigenvalue weighted by atomic mass is 9.48. The molecule has 0 aromatic heterocycles. The number of carbonyl (C=O) groups is 3. The van der Waals surface area contributed by atoms with Crippen LogP contribution in [-0.4, -0.2) is 60.7 Å². The third-order valence-electron chi connectivity index (χ3n) is 9.15. The van der Waals surface area contributed by atoms with Crippen molar-refractivity contribution >= 4 is 28.2 Å². The zero-order valence-electron chi connectivity index (χ0n) is 18.7. The molecule has 0 spiro atoms. The van der Waals surface area contributed by atoms with E-state index in [1.807, 2.05) is 0 Å². The van der Waals surface area contributed by atoms with Gasteiger partial charge in [-0.25, -0.2) is 9.59 Å². The first-order valence-corrected chi connectivity index (χ1v) is 13.4. The minimum Gasteiger partial charge on any atom is -0.460 e. The van der Waals surface area contributed by atoms with Crippen molar-refractivity contribution in [1.29, 1.82) is 0 Å². The first kappa shape index (κ1) is 23.4. The predicted molar refractivity (Wildman–Crippen MR) is 108 cm³/mol. The molecule has 194 valence electrons. The number of halogens is 2. The van der Waals surface area contributed by atoms with E-state index in [-0.39, 0.29) is 42.0 Å². The van der Waals surface area contributed by atoms with Gasteiger partial charge in [-0.2, -0.15) is 17.2 Å². The van der Waals surface area contributed by atoms with Crippen molar-refractivity contribution in [2.75, 3.05) is 6.61 Å². The second kappa shape index (κ2) is 7.27. The summed E-state index contributed by atoms with van der Waals surface area (Å²) in [4.78, 5) is 36.6. The molecule has 10 nitrogen and oxygen atoms in total. The molecule has 0 radical (unpaired) electrons. The zero-order valence-corrected chi connectivity index (χ0v) is 19.5.